The van der Waals surface area contributed by atoms with E-state index in [1.54, 1.807) is 0 Å². The van der Waals surface area contributed by atoms with E-state index >= 15 is 0 Å². The molecule has 0 radical (unpaired) electrons. The third-order valence-corrected chi connectivity index (χ3v) is 3.86. The number of rotatable bonds is 15. The number of carboxylic acid groups (broad SMARTS) is 9. The van der Waals surface area contributed by atoms with Gasteiger partial charge in [-0.15, -0.1) is 0 Å². The van der Waals surface area contributed by atoms with Crippen LogP contribution in [0.4, 0.5) is 0 Å². The van der Waals surface area contributed by atoms with Crippen molar-refractivity contribution in [2.75, 3.05) is 0 Å². The standard InChI is InChI=1S/3C6H8O7.ClH.Na/c3*7-3(8)1-6(13,5(11)12)2-4(9)10;;/h3*13H,1-2H2,(H,7,8)(H,9,10)(H,11,12);1H;/q;;;;+1/p-1. The van der Waals surface area contributed by atoms with Crippen LogP contribution in [-0.2, 0) is 43.2 Å². The predicted octanol–water partition coefficient (Wildman–Crippen LogP) is -9.74. The molecule has 0 fully saturated rings. The Hall–Kier alpha value is -3.60. The number of hydrogen-bond acceptors (Lipinski definition) is 12. The summed E-state index contributed by atoms with van der Waals surface area (Å²) in [4.78, 5) is 91.5. The van der Waals surface area contributed by atoms with E-state index in [1.807, 2.05) is 0 Å². The molecule has 0 saturated carbocycles. The van der Waals surface area contributed by atoms with E-state index in [0.717, 1.165) is 0 Å². The van der Waals surface area contributed by atoms with E-state index in [1.165, 1.54) is 0 Å². The van der Waals surface area contributed by atoms with Crippen molar-refractivity contribution in [3.63, 3.8) is 0 Å². The van der Waals surface area contributed by atoms with Crippen LogP contribution in [0.1, 0.15) is 38.5 Å². The molecule has 0 aliphatic rings. The first kappa shape index (κ1) is 47.2. The van der Waals surface area contributed by atoms with Crippen molar-refractivity contribution in [1.29, 1.82) is 0 Å². The number of halogens is 1. The first-order chi connectivity index (χ1) is 17.3. The van der Waals surface area contributed by atoms with Gasteiger partial charge in [-0.2, -0.15) is 0 Å². The van der Waals surface area contributed by atoms with E-state index in [0.29, 0.717) is 0 Å². The minimum Gasteiger partial charge on any atom is -1.00 e. The first-order valence-electron chi connectivity index (χ1n) is 9.51. The van der Waals surface area contributed by atoms with Gasteiger partial charge in [0.2, 0.25) is 0 Å². The van der Waals surface area contributed by atoms with Gasteiger partial charge in [-0.05, 0) is 0 Å². The molecule has 0 bridgehead atoms. The minimum absolute atomic E-state index is 0. The molecule has 0 saturated heterocycles. The number of aliphatic hydroxyl groups is 3. The molecule has 0 heterocycles. The summed E-state index contributed by atoms with van der Waals surface area (Å²) in [5.74, 6) is -15.1. The van der Waals surface area contributed by atoms with Crippen LogP contribution < -0.4 is 42.0 Å². The van der Waals surface area contributed by atoms with Crippen molar-refractivity contribution in [2.24, 2.45) is 0 Å². The van der Waals surface area contributed by atoms with Crippen LogP contribution in [0, 0.1) is 0 Å². The quantitative estimate of drug-likeness (QED) is 0.0743. The summed E-state index contributed by atoms with van der Waals surface area (Å²) in [6.07, 6.45) is -6.87. The Bertz CT molecular complexity index is 819. The maximum atomic E-state index is 10.3. The van der Waals surface area contributed by atoms with Crippen molar-refractivity contribution < 1.29 is 146 Å². The van der Waals surface area contributed by atoms with Gasteiger partial charge in [0.25, 0.3) is 0 Å². The van der Waals surface area contributed by atoms with Crippen LogP contribution in [0.15, 0.2) is 0 Å². The number of hydrogen-bond donors (Lipinski definition) is 12. The summed E-state index contributed by atoms with van der Waals surface area (Å²) in [6.45, 7) is 0. The minimum atomic E-state index is -2.74. The maximum Gasteiger partial charge on any atom is 1.00 e. The van der Waals surface area contributed by atoms with Crippen LogP contribution in [0.3, 0.4) is 0 Å². The van der Waals surface area contributed by atoms with Crippen molar-refractivity contribution in [1.82, 2.24) is 0 Å². The zero-order valence-electron chi connectivity index (χ0n) is 20.7. The molecule has 0 aliphatic carbocycles. The molecular weight excluding hydrogens is 611 g/mol. The maximum absolute atomic E-state index is 10.3. The second-order valence-electron chi connectivity index (χ2n) is 7.43. The summed E-state index contributed by atoms with van der Waals surface area (Å²) in [7, 11) is 0. The van der Waals surface area contributed by atoms with Crippen molar-refractivity contribution >= 4 is 53.7 Å². The molecule has 23 heteroatoms. The summed E-state index contributed by atoms with van der Waals surface area (Å²) in [5.41, 5.74) is -8.22. The van der Waals surface area contributed by atoms with Gasteiger partial charge >= 0.3 is 83.3 Å². The average Bonchev–Trinajstić information content (AvgIpc) is 2.64. The Morgan fingerprint density at radius 1 is 0.341 bits per heavy atom. The number of aliphatic carboxylic acids is 9. The van der Waals surface area contributed by atoms with E-state index in [4.69, 9.17) is 61.3 Å². The second kappa shape index (κ2) is 20.3. The first-order valence-corrected chi connectivity index (χ1v) is 9.51. The second-order valence-corrected chi connectivity index (χ2v) is 7.43. The monoisotopic (exact) mass is 634 g/mol. The molecule has 0 atom stereocenters. The molecule has 0 aliphatic heterocycles. The van der Waals surface area contributed by atoms with Gasteiger partial charge in [0.15, 0.2) is 16.8 Å². The van der Waals surface area contributed by atoms with Crippen LogP contribution in [0.2, 0.25) is 0 Å². The largest absolute Gasteiger partial charge is 1.00 e. The van der Waals surface area contributed by atoms with Gasteiger partial charge in [-0.3, -0.25) is 28.8 Å². The Morgan fingerprint density at radius 2 is 0.439 bits per heavy atom. The number of carbonyl (C=O) groups is 9. The zero-order valence-corrected chi connectivity index (χ0v) is 23.4. The van der Waals surface area contributed by atoms with Crippen LogP contribution in [-0.4, -0.2) is 132 Å². The molecule has 230 valence electrons. The third-order valence-electron chi connectivity index (χ3n) is 3.86. The van der Waals surface area contributed by atoms with E-state index < -0.39 is 109 Å². The normalized spacial score (nSPS) is 10.3. The fraction of sp³-hybridized carbons (Fsp3) is 0.500. The Balaban J connectivity index is -0.000000154. The SMILES string of the molecule is O=C(O)CC(O)(CC(=O)O)C(=O)O.O=C(O)CC(O)(CC(=O)O)C(=O)O.O=C(O)CC(O)(CC(=O)O)C(=O)O.[Cl-].[Na+]. The Labute approximate surface area is 255 Å². The topological polar surface area (TPSA) is 396 Å². The van der Waals surface area contributed by atoms with E-state index in [2.05, 4.69) is 0 Å². The fourth-order valence-corrected chi connectivity index (χ4v) is 2.14. The molecule has 0 aromatic heterocycles. The predicted molar refractivity (Wildman–Crippen MR) is 111 cm³/mol. The molecule has 21 nitrogen and oxygen atoms in total. The fourth-order valence-electron chi connectivity index (χ4n) is 2.14. The van der Waals surface area contributed by atoms with Crippen LogP contribution in [0.25, 0.3) is 0 Å². The average molecular weight is 635 g/mol. The summed E-state index contributed by atoms with van der Waals surface area (Å²) >= 11 is 0. The molecule has 0 aromatic carbocycles. The van der Waals surface area contributed by atoms with Gasteiger partial charge < -0.3 is 73.7 Å². The molecule has 41 heavy (non-hydrogen) atoms. The molecule has 0 unspecified atom stereocenters. The summed E-state index contributed by atoms with van der Waals surface area (Å²) in [6, 6.07) is 0. The van der Waals surface area contributed by atoms with E-state index in [9.17, 15) is 43.2 Å². The molecule has 0 rings (SSSR count). The zero-order chi connectivity index (χ0) is 31.9. The molecule has 12 N–H and O–H groups in total. The summed E-state index contributed by atoms with van der Waals surface area (Å²) in [5, 5.41) is 101. The van der Waals surface area contributed by atoms with Gasteiger partial charge in [0.1, 0.15) is 0 Å². The Kier molecular flexibility index (Phi) is 23.4. The van der Waals surface area contributed by atoms with Crippen molar-refractivity contribution in [3.05, 3.63) is 0 Å². The third kappa shape index (κ3) is 21.9. The molecule has 0 amide bonds. The van der Waals surface area contributed by atoms with Gasteiger partial charge in [0.05, 0.1) is 38.5 Å². The Morgan fingerprint density at radius 3 is 0.488 bits per heavy atom. The van der Waals surface area contributed by atoms with Crippen molar-refractivity contribution in [2.45, 2.75) is 55.3 Å². The van der Waals surface area contributed by atoms with Crippen molar-refractivity contribution in [3.8, 4) is 0 Å². The van der Waals surface area contributed by atoms with Gasteiger partial charge in [0, 0.05) is 0 Å². The van der Waals surface area contributed by atoms with E-state index in [-0.39, 0.29) is 42.0 Å². The van der Waals surface area contributed by atoms with Gasteiger partial charge in [-0.25, -0.2) is 14.4 Å². The van der Waals surface area contributed by atoms with Crippen LogP contribution in [0.5, 0.6) is 0 Å². The van der Waals surface area contributed by atoms with Crippen LogP contribution >= 0.6 is 0 Å². The summed E-state index contributed by atoms with van der Waals surface area (Å²) < 4.78 is 0. The number of carboxylic acids is 9. The smallest absolute Gasteiger partial charge is 1.00 e. The molecule has 0 spiro atoms. The molecular formula is C18H24ClNaO21. The molecule has 0 aromatic rings. The van der Waals surface area contributed by atoms with Gasteiger partial charge in [-0.1, -0.05) is 0 Å².